The van der Waals surface area contributed by atoms with Crippen molar-refractivity contribution in [2.75, 3.05) is 18.0 Å². The van der Waals surface area contributed by atoms with Gasteiger partial charge in [-0.25, -0.2) is 13.4 Å². The summed E-state index contributed by atoms with van der Waals surface area (Å²) in [5.74, 6) is 0.376. The Morgan fingerprint density at radius 3 is 2.70 bits per heavy atom. The van der Waals surface area contributed by atoms with Crippen LogP contribution in [-0.2, 0) is 10.0 Å². The molecule has 0 saturated heterocycles. The molecule has 0 atom stereocenters. The number of pyridine rings is 1. The van der Waals surface area contributed by atoms with E-state index < -0.39 is 10.0 Å². The fourth-order valence-electron chi connectivity index (χ4n) is 2.45. The third-order valence-electron chi connectivity index (χ3n) is 3.62. The van der Waals surface area contributed by atoms with Crippen LogP contribution in [0.2, 0.25) is 0 Å². The maximum absolute atomic E-state index is 12.9. The average molecular weight is 331 g/mol. The largest absolute Gasteiger partial charge is 0.481 e. The SMILES string of the molecule is CCN(c1ccc2[nH]ccc2c1)S(=O)(=O)c1ccc(OC)nc1. The first-order valence-corrected chi connectivity index (χ1v) is 8.60. The second-order valence-corrected chi connectivity index (χ2v) is 6.82. The third-order valence-corrected chi connectivity index (χ3v) is 5.50. The number of anilines is 1. The first kappa shape index (κ1) is 15.4. The number of rotatable bonds is 5. The summed E-state index contributed by atoms with van der Waals surface area (Å²) in [6.07, 6.45) is 3.14. The van der Waals surface area contributed by atoms with Gasteiger partial charge in [0.2, 0.25) is 5.88 Å². The molecular weight excluding hydrogens is 314 g/mol. The maximum atomic E-state index is 12.9. The Morgan fingerprint density at radius 2 is 2.04 bits per heavy atom. The minimum absolute atomic E-state index is 0.134. The Hall–Kier alpha value is -2.54. The fourth-order valence-corrected chi connectivity index (χ4v) is 3.87. The molecule has 1 aromatic carbocycles. The molecule has 1 N–H and O–H groups in total. The number of aromatic nitrogens is 2. The molecule has 2 heterocycles. The van der Waals surface area contributed by atoms with Gasteiger partial charge >= 0.3 is 0 Å². The molecule has 0 radical (unpaired) electrons. The molecule has 2 aromatic heterocycles. The van der Waals surface area contributed by atoms with E-state index in [4.69, 9.17) is 4.74 Å². The van der Waals surface area contributed by atoms with E-state index in [1.807, 2.05) is 24.4 Å². The lowest BCUT2D eigenvalue weighted by atomic mass is 10.2. The van der Waals surface area contributed by atoms with Crippen LogP contribution in [-0.4, -0.2) is 32.0 Å². The zero-order valence-corrected chi connectivity index (χ0v) is 13.7. The fraction of sp³-hybridized carbons (Fsp3) is 0.188. The van der Waals surface area contributed by atoms with Crippen molar-refractivity contribution in [3.63, 3.8) is 0 Å². The molecule has 23 heavy (non-hydrogen) atoms. The van der Waals surface area contributed by atoms with Gasteiger partial charge in [-0.05, 0) is 37.3 Å². The van der Waals surface area contributed by atoms with Crippen LogP contribution in [0.15, 0.2) is 53.7 Å². The summed E-state index contributed by atoms with van der Waals surface area (Å²) in [5.41, 5.74) is 1.59. The van der Waals surface area contributed by atoms with Gasteiger partial charge in [-0.3, -0.25) is 4.31 Å². The smallest absolute Gasteiger partial charge is 0.265 e. The minimum atomic E-state index is -3.68. The van der Waals surface area contributed by atoms with E-state index in [1.54, 1.807) is 13.0 Å². The summed E-state index contributed by atoms with van der Waals surface area (Å²) in [7, 11) is -2.19. The molecule has 0 aliphatic carbocycles. The van der Waals surface area contributed by atoms with E-state index in [0.717, 1.165) is 10.9 Å². The molecule has 3 aromatic rings. The number of hydrogen-bond donors (Lipinski definition) is 1. The summed E-state index contributed by atoms with van der Waals surface area (Å²) in [6, 6.07) is 10.5. The van der Waals surface area contributed by atoms with Gasteiger partial charge in [0.05, 0.1) is 19.0 Å². The Labute approximate surface area is 134 Å². The number of ether oxygens (including phenoxy) is 1. The van der Waals surface area contributed by atoms with Gasteiger partial charge in [0.25, 0.3) is 10.0 Å². The van der Waals surface area contributed by atoms with Gasteiger partial charge in [0.15, 0.2) is 0 Å². The Bertz CT molecular complexity index is 917. The molecule has 0 amide bonds. The highest BCUT2D eigenvalue weighted by atomic mass is 32.2. The zero-order valence-electron chi connectivity index (χ0n) is 12.9. The van der Waals surface area contributed by atoms with E-state index in [0.29, 0.717) is 18.1 Å². The van der Waals surface area contributed by atoms with Crippen LogP contribution < -0.4 is 9.04 Å². The monoisotopic (exact) mass is 331 g/mol. The second kappa shape index (κ2) is 5.92. The van der Waals surface area contributed by atoms with Crippen LogP contribution in [0.4, 0.5) is 5.69 Å². The molecule has 120 valence electrons. The summed E-state index contributed by atoms with van der Waals surface area (Å²) >= 11 is 0. The molecule has 0 fully saturated rings. The van der Waals surface area contributed by atoms with Gasteiger partial charge in [-0.2, -0.15) is 0 Å². The van der Waals surface area contributed by atoms with Gasteiger partial charge in [-0.15, -0.1) is 0 Å². The van der Waals surface area contributed by atoms with E-state index >= 15 is 0 Å². The van der Waals surface area contributed by atoms with Crippen LogP contribution in [0.5, 0.6) is 5.88 Å². The van der Waals surface area contributed by atoms with Crippen LogP contribution in [0.25, 0.3) is 10.9 Å². The van der Waals surface area contributed by atoms with Crippen molar-refractivity contribution in [3.8, 4) is 5.88 Å². The number of fused-ring (bicyclic) bond motifs is 1. The van der Waals surface area contributed by atoms with Crippen LogP contribution in [0.3, 0.4) is 0 Å². The number of sulfonamides is 1. The van der Waals surface area contributed by atoms with Crippen molar-refractivity contribution in [1.29, 1.82) is 0 Å². The third kappa shape index (κ3) is 2.75. The van der Waals surface area contributed by atoms with Crippen LogP contribution in [0, 0.1) is 0 Å². The molecule has 0 saturated carbocycles. The van der Waals surface area contributed by atoms with E-state index in [2.05, 4.69) is 9.97 Å². The predicted molar refractivity (Wildman–Crippen MR) is 89.3 cm³/mol. The summed E-state index contributed by atoms with van der Waals surface area (Å²) < 4.78 is 32.1. The number of hydrogen-bond acceptors (Lipinski definition) is 4. The Kier molecular flexibility index (Phi) is 3.96. The van der Waals surface area contributed by atoms with Crippen molar-refractivity contribution >= 4 is 26.6 Å². The quantitative estimate of drug-likeness (QED) is 0.780. The highest BCUT2D eigenvalue weighted by Crippen LogP contribution is 2.27. The number of aromatic amines is 1. The molecular formula is C16H17N3O3S. The molecule has 0 spiro atoms. The van der Waals surface area contributed by atoms with Crippen molar-refractivity contribution < 1.29 is 13.2 Å². The lowest BCUT2D eigenvalue weighted by molar-refractivity contribution is 0.397. The lowest BCUT2D eigenvalue weighted by Gasteiger charge is -2.23. The number of H-pyrrole nitrogens is 1. The topological polar surface area (TPSA) is 75.3 Å². The van der Waals surface area contributed by atoms with Gasteiger partial charge in [-0.1, -0.05) is 0 Å². The van der Waals surface area contributed by atoms with E-state index in [9.17, 15) is 8.42 Å². The lowest BCUT2D eigenvalue weighted by Crippen LogP contribution is -2.30. The molecule has 0 bridgehead atoms. The maximum Gasteiger partial charge on any atom is 0.265 e. The van der Waals surface area contributed by atoms with Crippen molar-refractivity contribution in [2.24, 2.45) is 0 Å². The molecule has 0 aliphatic heterocycles. The average Bonchev–Trinajstić information content (AvgIpc) is 3.03. The normalized spacial score (nSPS) is 11.6. The molecule has 7 heteroatoms. The molecule has 6 nitrogen and oxygen atoms in total. The minimum Gasteiger partial charge on any atom is -0.481 e. The number of nitrogens with one attached hydrogen (secondary N) is 1. The van der Waals surface area contributed by atoms with E-state index in [-0.39, 0.29) is 4.90 Å². The summed E-state index contributed by atoms with van der Waals surface area (Å²) in [6.45, 7) is 2.13. The Balaban J connectivity index is 2.03. The van der Waals surface area contributed by atoms with Gasteiger partial charge in [0, 0.05) is 29.7 Å². The summed E-state index contributed by atoms with van der Waals surface area (Å²) in [5, 5.41) is 0.962. The number of methoxy groups -OCH3 is 1. The van der Waals surface area contributed by atoms with Crippen LogP contribution in [0.1, 0.15) is 6.92 Å². The second-order valence-electron chi connectivity index (χ2n) is 4.96. The van der Waals surface area contributed by atoms with Gasteiger partial charge in [0.1, 0.15) is 4.90 Å². The first-order valence-electron chi connectivity index (χ1n) is 7.16. The van der Waals surface area contributed by atoms with Crippen molar-refractivity contribution in [3.05, 3.63) is 48.8 Å². The van der Waals surface area contributed by atoms with Gasteiger partial charge < -0.3 is 9.72 Å². The number of nitrogens with zero attached hydrogens (tertiary/aromatic N) is 2. The Morgan fingerprint density at radius 1 is 1.22 bits per heavy atom. The van der Waals surface area contributed by atoms with Crippen LogP contribution >= 0.6 is 0 Å². The number of benzene rings is 1. The van der Waals surface area contributed by atoms with E-state index in [1.165, 1.54) is 29.7 Å². The first-order chi connectivity index (χ1) is 11.1. The molecule has 3 rings (SSSR count). The predicted octanol–water partition coefficient (Wildman–Crippen LogP) is 2.79. The summed E-state index contributed by atoms with van der Waals surface area (Å²) in [4.78, 5) is 7.21. The molecule has 0 aliphatic rings. The van der Waals surface area contributed by atoms with Crippen molar-refractivity contribution in [2.45, 2.75) is 11.8 Å². The molecule has 0 unspecified atom stereocenters. The van der Waals surface area contributed by atoms with Crippen molar-refractivity contribution in [1.82, 2.24) is 9.97 Å². The standard InChI is InChI=1S/C16H17N3O3S/c1-3-19(13-4-6-15-12(10-13)8-9-17-15)23(20,21)14-5-7-16(22-2)18-11-14/h4-11,17H,3H2,1-2H3. The zero-order chi connectivity index (χ0) is 16.4. The highest BCUT2D eigenvalue weighted by molar-refractivity contribution is 7.92. The highest BCUT2D eigenvalue weighted by Gasteiger charge is 2.24.